The van der Waals surface area contributed by atoms with E-state index in [1.54, 1.807) is 0 Å². The van der Waals surface area contributed by atoms with Crippen LogP contribution in [0.1, 0.15) is 38.7 Å². The van der Waals surface area contributed by atoms with Crippen LogP contribution in [0.4, 0.5) is 0 Å². The summed E-state index contributed by atoms with van der Waals surface area (Å²) in [7, 11) is 0. The van der Waals surface area contributed by atoms with E-state index in [-0.39, 0.29) is 18.0 Å². The Kier molecular flexibility index (Phi) is 4.27. The molecular weight excluding hydrogens is 262 g/mol. The number of amides is 1. The summed E-state index contributed by atoms with van der Waals surface area (Å²) in [4.78, 5) is 15.0. The highest BCUT2D eigenvalue weighted by atomic mass is 16.2. The topological polar surface area (TPSA) is 44.4 Å². The molecule has 1 amide bonds. The molecule has 1 aliphatic carbocycles. The lowest BCUT2D eigenvalue weighted by Crippen LogP contribution is -2.49. The summed E-state index contributed by atoms with van der Waals surface area (Å²) in [6.07, 6.45) is 3.56. The number of nitrogens with zero attached hydrogens (tertiary/aromatic N) is 1. The maximum absolute atomic E-state index is 13.0. The molecule has 1 aromatic rings. The van der Waals surface area contributed by atoms with Gasteiger partial charge in [0.05, 0.1) is 0 Å². The van der Waals surface area contributed by atoms with Gasteiger partial charge in [-0.3, -0.25) is 10.2 Å². The molecule has 1 heterocycles. The van der Waals surface area contributed by atoms with Gasteiger partial charge in [-0.2, -0.15) is 0 Å². The summed E-state index contributed by atoms with van der Waals surface area (Å²) >= 11 is 0. The summed E-state index contributed by atoms with van der Waals surface area (Å²) in [5.41, 5.74) is 7.74. The number of hydrogen-bond acceptors (Lipinski definition) is 3. The van der Waals surface area contributed by atoms with E-state index >= 15 is 0 Å². The molecule has 1 aromatic carbocycles. The number of hydrogen-bond donors (Lipinski definition) is 2. The number of nitrogens with one attached hydrogen (secondary N) is 2. The smallest absolute Gasteiger partial charge is 0.241 e. The van der Waals surface area contributed by atoms with Gasteiger partial charge in [-0.05, 0) is 32.3 Å². The molecule has 2 N–H and O–H groups in total. The third-order valence-electron chi connectivity index (χ3n) is 4.79. The molecule has 3 rings (SSSR count). The van der Waals surface area contributed by atoms with Crippen molar-refractivity contribution in [2.24, 2.45) is 5.92 Å². The third-order valence-corrected chi connectivity index (χ3v) is 4.79. The fourth-order valence-electron chi connectivity index (χ4n) is 3.59. The van der Waals surface area contributed by atoms with E-state index in [1.165, 1.54) is 18.4 Å². The Morgan fingerprint density at radius 2 is 2.00 bits per heavy atom. The van der Waals surface area contributed by atoms with Crippen molar-refractivity contribution in [3.05, 3.63) is 35.9 Å². The lowest BCUT2D eigenvalue weighted by Gasteiger charge is -2.31. The molecule has 3 atom stereocenters. The van der Waals surface area contributed by atoms with E-state index < -0.39 is 0 Å². The molecule has 2 fully saturated rings. The van der Waals surface area contributed by atoms with Gasteiger partial charge < -0.3 is 4.90 Å². The largest absolute Gasteiger partial charge is 0.335 e. The van der Waals surface area contributed by atoms with Crippen LogP contribution in [0, 0.1) is 5.92 Å². The number of rotatable bonds is 4. The molecule has 21 heavy (non-hydrogen) atoms. The molecule has 1 saturated carbocycles. The summed E-state index contributed by atoms with van der Waals surface area (Å²) in [5, 5.41) is 0. The lowest BCUT2D eigenvalue weighted by atomic mass is 9.95. The Morgan fingerprint density at radius 1 is 1.24 bits per heavy atom. The van der Waals surface area contributed by atoms with Crippen molar-refractivity contribution < 1.29 is 4.79 Å². The molecule has 114 valence electrons. The van der Waals surface area contributed by atoms with Gasteiger partial charge in [0.2, 0.25) is 5.91 Å². The zero-order chi connectivity index (χ0) is 14.8. The van der Waals surface area contributed by atoms with E-state index in [9.17, 15) is 4.79 Å². The van der Waals surface area contributed by atoms with Crippen molar-refractivity contribution >= 4 is 5.91 Å². The SMILES string of the molecule is CC(C)N(Cc1ccccc1)C(=O)C1NNC2CCCC21. The highest BCUT2D eigenvalue weighted by molar-refractivity contribution is 5.83. The minimum Gasteiger partial charge on any atom is -0.335 e. The molecular formula is C17H25N3O. The van der Waals surface area contributed by atoms with E-state index in [2.05, 4.69) is 36.8 Å². The molecule has 0 bridgehead atoms. The van der Waals surface area contributed by atoms with Crippen LogP contribution in [0.15, 0.2) is 30.3 Å². The zero-order valence-corrected chi connectivity index (χ0v) is 12.9. The van der Waals surface area contributed by atoms with Gasteiger partial charge in [-0.1, -0.05) is 36.8 Å². The predicted octanol–water partition coefficient (Wildman–Crippen LogP) is 2.07. The average molecular weight is 287 g/mol. The molecule has 1 aliphatic heterocycles. The highest BCUT2D eigenvalue weighted by Gasteiger charge is 2.44. The van der Waals surface area contributed by atoms with Crippen LogP contribution in [0.2, 0.25) is 0 Å². The Balaban J connectivity index is 1.73. The first kappa shape index (κ1) is 14.5. The van der Waals surface area contributed by atoms with E-state index in [4.69, 9.17) is 0 Å². The second-order valence-corrected chi connectivity index (χ2v) is 6.51. The van der Waals surface area contributed by atoms with Crippen LogP contribution in [0.3, 0.4) is 0 Å². The number of fused-ring (bicyclic) bond motifs is 1. The minimum atomic E-state index is -0.0661. The van der Waals surface area contributed by atoms with Gasteiger partial charge >= 0.3 is 0 Å². The zero-order valence-electron chi connectivity index (χ0n) is 12.9. The normalized spacial score (nSPS) is 27.9. The van der Waals surface area contributed by atoms with Crippen LogP contribution >= 0.6 is 0 Å². The second kappa shape index (κ2) is 6.16. The second-order valence-electron chi connectivity index (χ2n) is 6.51. The molecule has 0 spiro atoms. The highest BCUT2D eigenvalue weighted by Crippen LogP contribution is 2.32. The van der Waals surface area contributed by atoms with Gasteiger partial charge in [0.25, 0.3) is 0 Å². The Morgan fingerprint density at radius 3 is 2.71 bits per heavy atom. The van der Waals surface area contributed by atoms with Crippen LogP contribution in [-0.2, 0) is 11.3 Å². The summed E-state index contributed by atoms with van der Waals surface area (Å²) < 4.78 is 0. The fourth-order valence-corrected chi connectivity index (χ4v) is 3.59. The van der Waals surface area contributed by atoms with E-state index in [0.29, 0.717) is 18.5 Å². The van der Waals surface area contributed by atoms with Crippen LogP contribution in [0.5, 0.6) is 0 Å². The molecule has 0 radical (unpaired) electrons. The Bertz CT molecular complexity index is 488. The van der Waals surface area contributed by atoms with Gasteiger partial charge in [0, 0.05) is 24.5 Å². The maximum Gasteiger partial charge on any atom is 0.241 e. The monoisotopic (exact) mass is 287 g/mol. The average Bonchev–Trinajstić information content (AvgIpc) is 3.07. The summed E-state index contributed by atoms with van der Waals surface area (Å²) in [6, 6.07) is 10.9. The number of hydrazine groups is 1. The first-order valence-electron chi connectivity index (χ1n) is 8.02. The van der Waals surface area contributed by atoms with Crippen LogP contribution < -0.4 is 10.9 Å². The lowest BCUT2D eigenvalue weighted by molar-refractivity contribution is -0.136. The van der Waals surface area contributed by atoms with Crippen molar-refractivity contribution in [3.8, 4) is 0 Å². The summed E-state index contributed by atoms with van der Waals surface area (Å²) in [5.74, 6) is 0.685. The fraction of sp³-hybridized carbons (Fsp3) is 0.588. The number of carbonyl (C=O) groups is 1. The van der Waals surface area contributed by atoms with Crippen molar-refractivity contribution in [1.29, 1.82) is 0 Å². The summed E-state index contributed by atoms with van der Waals surface area (Å²) in [6.45, 7) is 4.87. The first-order valence-corrected chi connectivity index (χ1v) is 8.02. The standard InChI is InChI=1S/C17H25N3O/c1-12(2)20(11-13-7-4-3-5-8-13)17(21)16-14-9-6-10-15(14)18-19-16/h3-5,7-8,12,14-16,18-19H,6,9-11H2,1-2H3. The molecule has 3 unspecified atom stereocenters. The molecule has 2 aliphatic rings. The molecule has 1 saturated heterocycles. The maximum atomic E-state index is 13.0. The Hall–Kier alpha value is -1.39. The molecule has 4 nitrogen and oxygen atoms in total. The molecule has 0 aromatic heterocycles. The van der Waals surface area contributed by atoms with Crippen molar-refractivity contribution in [3.63, 3.8) is 0 Å². The first-order chi connectivity index (χ1) is 10.2. The van der Waals surface area contributed by atoms with Crippen molar-refractivity contribution in [2.45, 2.75) is 57.8 Å². The van der Waals surface area contributed by atoms with E-state index in [0.717, 1.165) is 6.42 Å². The van der Waals surface area contributed by atoms with Gasteiger partial charge in [-0.15, -0.1) is 0 Å². The third kappa shape index (κ3) is 2.97. The minimum absolute atomic E-state index is 0.0661. The van der Waals surface area contributed by atoms with Gasteiger partial charge in [0.1, 0.15) is 6.04 Å². The molecule has 4 heteroatoms. The number of carbonyl (C=O) groups excluding carboxylic acids is 1. The van der Waals surface area contributed by atoms with Gasteiger partial charge in [0.15, 0.2) is 0 Å². The quantitative estimate of drug-likeness (QED) is 0.891. The number of benzene rings is 1. The van der Waals surface area contributed by atoms with Gasteiger partial charge in [-0.25, -0.2) is 5.43 Å². The van der Waals surface area contributed by atoms with Crippen LogP contribution in [-0.4, -0.2) is 28.9 Å². The Labute approximate surface area is 126 Å². The predicted molar refractivity (Wildman–Crippen MR) is 83.3 cm³/mol. The van der Waals surface area contributed by atoms with Crippen molar-refractivity contribution in [1.82, 2.24) is 15.8 Å². The van der Waals surface area contributed by atoms with E-state index in [1.807, 2.05) is 23.1 Å². The van der Waals surface area contributed by atoms with Crippen molar-refractivity contribution in [2.75, 3.05) is 0 Å². The van der Waals surface area contributed by atoms with Crippen LogP contribution in [0.25, 0.3) is 0 Å².